The lowest BCUT2D eigenvalue weighted by molar-refractivity contribution is -0.126. The summed E-state index contributed by atoms with van der Waals surface area (Å²) in [5.74, 6) is 6.85. The summed E-state index contributed by atoms with van der Waals surface area (Å²) in [5.41, 5.74) is 2.07. The molecule has 0 aromatic heterocycles. The van der Waals surface area contributed by atoms with Crippen molar-refractivity contribution in [1.29, 1.82) is 0 Å². The van der Waals surface area contributed by atoms with Crippen LogP contribution in [0.15, 0.2) is 115 Å². The highest BCUT2D eigenvalue weighted by atomic mass is 28.4. The largest absolute Gasteiger partial charge is 0.497 e. The van der Waals surface area contributed by atoms with Crippen LogP contribution in [-0.4, -0.2) is 69.4 Å². The van der Waals surface area contributed by atoms with Gasteiger partial charge in [-0.05, 0) is 96.7 Å². The molecule has 0 fully saturated rings. The Morgan fingerprint density at radius 3 is 1.72 bits per heavy atom. The lowest BCUT2D eigenvalue weighted by Gasteiger charge is -2.44. The lowest BCUT2D eigenvalue weighted by atomic mass is 10.0. The Hall–Kier alpha value is -3.64. The van der Waals surface area contributed by atoms with Crippen LogP contribution in [0, 0.1) is 17.8 Å². The predicted molar refractivity (Wildman–Crippen MR) is 253 cm³/mol. The third-order valence-electron chi connectivity index (χ3n) is 10.2. The fourth-order valence-corrected chi connectivity index (χ4v) is 14.4. The van der Waals surface area contributed by atoms with Gasteiger partial charge in [0.2, 0.25) is 5.78 Å². The standard InChI is InChI=1S/C50H70O7Si3/c1-40(36-53-37-42-30-32-43(52-5)33-31-42)48(57-59(9,10)11)29-21-28-47(51)49(54-38-41-22-15-12-16-23-41)35-34-44(56-58(6,7)8)39-55-60(50(2,3)4,45-24-17-13-18-25-45)46-26-19-14-20-27-46/h12-20,22-27,30-33,40,44,48-49H,29,34-39H2,1-11H3/t40-,44+,48+,49-/m1/s1. The third kappa shape index (κ3) is 15.7. The van der Waals surface area contributed by atoms with Crippen LogP contribution < -0.4 is 15.1 Å². The maximum atomic E-state index is 14.1. The fourth-order valence-electron chi connectivity index (χ4n) is 7.38. The maximum absolute atomic E-state index is 14.1. The van der Waals surface area contributed by atoms with Crippen molar-refractivity contribution in [2.45, 2.75) is 123 Å². The number of hydrogen-bond acceptors (Lipinski definition) is 7. The van der Waals surface area contributed by atoms with Crippen molar-refractivity contribution in [3.8, 4) is 17.6 Å². The van der Waals surface area contributed by atoms with Crippen LogP contribution in [-0.2, 0) is 40.8 Å². The van der Waals surface area contributed by atoms with Crippen molar-refractivity contribution >= 4 is 41.1 Å². The summed E-state index contributed by atoms with van der Waals surface area (Å²) in [5, 5.41) is 2.27. The molecule has 0 saturated carbocycles. The maximum Gasteiger partial charge on any atom is 0.261 e. The molecule has 0 amide bonds. The van der Waals surface area contributed by atoms with Crippen LogP contribution in [0.2, 0.25) is 44.3 Å². The first kappa shape index (κ1) is 49.0. The highest BCUT2D eigenvalue weighted by molar-refractivity contribution is 6.99. The van der Waals surface area contributed by atoms with Crippen molar-refractivity contribution < 1.29 is 32.3 Å². The number of hydrogen-bond donors (Lipinski definition) is 0. The molecule has 0 unspecified atom stereocenters. The molecular formula is C50H70O7Si3. The van der Waals surface area contributed by atoms with Gasteiger partial charge in [-0.3, -0.25) is 4.79 Å². The molecule has 0 heterocycles. The number of ether oxygens (including phenoxy) is 3. The Morgan fingerprint density at radius 1 is 0.667 bits per heavy atom. The normalized spacial score (nSPS) is 14.4. The number of ketones is 1. The van der Waals surface area contributed by atoms with Gasteiger partial charge in [0.15, 0.2) is 16.6 Å². The summed E-state index contributed by atoms with van der Waals surface area (Å²) >= 11 is 0. The van der Waals surface area contributed by atoms with E-state index < -0.39 is 31.1 Å². The summed E-state index contributed by atoms with van der Waals surface area (Å²) in [6.07, 6.45) is 0.297. The molecule has 0 aliphatic rings. The van der Waals surface area contributed by atoms with Gasteiger partial charge < -0.3 is 27.5 Å². The topological polar surface area (TPSA) is 72.5 Å². The van der Waals surface area contributed by atoms with Gasteiger partial charge in [0.05, 0.1) is 45.7 Å². The van der Waals surface area contributed by atoms with Gasteiger partial charge in [-0.1, -0.05) is 137 Å². The number of carbonyl (C=O) groups excluding carboxylic acids is 1. The molecule has 0 N–H and O–H groups in total. The molecule has 0 radical (unpaired) electrons. The van der Waals surface area contributed by atoms with Crippen LogP contribution >= 0.6 is 0 Å². The second kappa shape index (κ2) is 23.0. The van der Waals surface area contributed by atoms with Crippen LogP contribution in [0.5, 0.6) is 5.75 Å². The minimum Gasteiger partial charge on any atom is -0.497 e. The Labute approximate surface area is 364 Å². The monoisotopic (exact) mass is 866 g/mol. The summed E-state index contributed by atoms with van der Waals surface area (Å²) < 4.78 is 38.7. The van der Waals surface area contributed by atoms with E-state index >= 15 is 0 Å². The summed E-state index contributed by atoms with van der Waals surface area (Å²) in [6, 6.07) is 39.2. The molecular weight excluding hydrogens is 797 g/mol. The molecule has 4 rings (SSSR count). The molecule has 4 atom stereocenters. The second-order valence-electron chi connectivity index (χ2n) is 18.7. The first-order chi connectivity index (χ1) is 28.4. The van der Waals surface area contributed by atoms with Crippen molar-refractivity contribution in [3.63, 3.8) is 0 Å². The Kier molecular flexibility index (Phi) is 18.8. The van der Waals surface area contributed by atoms with E-state index in [4.69, 9.17) is 27.5 Å². The molecule has 60 heavy (non-hydrogen) atoms. The average molecular weight is 867 g/mol. The van der Waals surface area contributed by atoms with E-state index in [0.717, 1.165) is 16.9 Å². The number of benzene rings is 4. The van der Waals surface area contributed by atoms with Gasteiger partial charge >= 0.3 is 0 Å². The number of methoxy groups -OCH3 is 1. The highest BCUT2D eigenvalue weighted by Crippen LogP contribution is 2.37. The number of Topliss-reactive ketones (excluding diaryl/α,β-unsaturated/α-hetero) is 1. The van der Waals surface area contributed by atoms with E-state index in [9.17, 15) is 4.79 Å². The van der Waals surface area contributed by atoms with Crippen LogP contribution in [0.3, 0.4) is 0 Å². The first-order valence-corrected chi connectivity index (χ1v) is 30.1. The molecule has 0 spiro atoms. The molecule has 0 aliphatic heterocycles. The Bertz CT molecular complexity index is 1870. The van der Waals surface area contributed by atoms with Crippen molar-refractivity contribution in [3.05, 3.63) is 126 Å². The van der Waals surface area contributed by atoms with Gasteiger partial charge in [0.25, 0.3) is 8.32 Å². The third-order valence-corrected chi connectivity index (χ3v) is 17.3. The fraction of sp³-hybridized carbons (Fsp3) is 0.460. The second-order valence-corrected chi connectivity index (χ2v) is 31.9. The Balaban J connectivity index is 1.54. The zero-order valence-corrected chi connectivity index (χ0v) is 41.1. The molecule has 10 heteroatoms. The van der Waals surface area contributed by atoms with E-state index in [1.807, 2.05) is 54.6 Å². The molecule has 0 bridgehead atoms. The Morgan fingerprint density at radius 2 is 1.20 bits per heavy atom. The molecule has 324 valence electrons. The lowest BCUT2D eigenvalue weighted by Crippen LogP contribution is -2.67. The van der Waals surface area contributed by atoms with E-state index in [-0.39, 0.29) is 28.9 Å². The molecule has 4 aromatic carbocycles. The van der Waals surface area contributed by atoms with Crippen LogP contribution in [0.4, 0.5) is 0 Å². The van der Waals surface area contributed by atoms with Crippen LogP contribution in [0.1, 0.15) is 58.1 Å². The van der Waals surface area contributed by atoms with Crippen molar-refractivity contribution in [2.75, 3.05) is 20.3 Å². The van der Waals surface area contributed by atoms with Gasteiger partial charge in [-0.2, -0.15) is 0 Å². The molecule has 4 aromatic rings. The SMILES string of the molecule is COc1ccc(COC[C@@H](C)[C@H](CC#CC(=O)[C@@H](CC[C@@H](CO[Si](c2ccccc2)(c2ccccc2)C(C)(C)C)O[Si](C)(C)C)OCc2ccccc2)O[Si](C)(C)C)cc1. The van der Waals surface area contributed by atoms with E-state index in [1.54, 1.807) is 7.11 Å². The minimum atomic E-state index is -2.82. The number of carbonyl (C=O) groups is 1. The zero-order valence-electron chi connectivity index (χ0n) is 38.1. The quantitative estimate of drug-likeness (QED) is 0.0418. The molecule has 0 aliphatic carbocycles. The molecule has 7 nitrogen and oxygen atoms in total. The minimum absolute atomic E-state index is 0.0690. The zero-order chi connectivity index (χ0) is 43.8. The van der Waals surface area contributed by atoms with E-state index in [1.165, 1.54) is 10.4 Å². The smallest absolute Gasteiger partial charge is 0.261 e. The van der Waals surface area contributed by atoms with Gasteiger partial charge in [0, 0.05) is 12.3 Å². The van der Waals surface area contributed by atoms with Gasteiger partial charge in [-0.25, -0.2) is 0 Å². The van der Waals surface area contributed by atoms with Gasteiger partial charge in [0.1, 0.15) is 11.9 Å². The molecule has 0 saturated heterocycles. The first-order valence-electron chi connectivity index (χ1n) is 21.4. The predicted octanol–water partition coefficient (Wildman–Crippen LogP) is 10.2. The van der Waals surface area contributed by atoms with Crippen molar-refractivity contribution in [2.24, 2.45) is 5.92 Å². The van der Waals surface area contributed by atoms with E-state index in [2.05, 4.69) is 139 Å². The summed E-state index contributed by atoms with van der Waals surface area (Å²) in [4.78, 5) is 14.1. The van der Waals surface area contributed by atoms with Gasteiger partial charge in [-0.15, -0.1) is 0 Å². The highest BCUT2D eigenvalue weighted by Gasteiger charge is 2.50. The summed E-state index contributed by atoms with van der Waals surface area (Å²) in [6.45, 7) is 23.8. The van der Waals surface area contributed by atoms with Crippen LogP contribution in [0.25, 0.3) is 0 Å². The summed E-state index contributed by atoms with van der Waals surface area (Å²) in [7, 11) is -5.12. The average Bonchev–Trinajstić information content (AvgIpc) is 3.20. The van der Waals surface area contributed by atoms with E-state index in [0.29, 0.717) is 45.7 Å². The number of rotatable bonds is 23. The van der Waals surface area contributed by atoms with Crippen molar-refractivity contribution in [1.82, 2.24) is 0 Å².